The lowest BCUT2D eigenvalue weighted by atomic mass is 9.95. The van der Waals surface area contributed by atoms with E-state index in [9.17, 15) is 0 Å². The van der Waals surface area contributed by atoms with Crippen LogP contribution in [-0.2, 0) is 0 Å². The van der Waals surface area contributed by atoms with Crippen LogP contribution in [0.3, 0.4) is 0 Å². The Balaban J connectivity index is 2.86. The fourth-order valence-corrected chi connectivity index (χ4v) is 2.09. The molecule has 1 unspecified atom stereocenters. The Bertz CT molecular complexity index is 409. The lowest BCUT2D eigenvalue weighted by Gasteiger charge is -2.20. The van der Waals surface area contributed by atoms with Gasteiger partial charge in [-0.3, -0.25) is 0 Å². The summed E-state index contributed by atoms with van der Waals surface area (Å²) in [5.41, 5.74) is 4.12. The highest BCUT2D eigenvalue weighted by atomic mass is 14.9. The molecule has 0 bridgehead atoms. The number of aryl methyl sites for hydroxylation is 2. The minimum Gasteiger partial charge on any atom is -0.310 e. The molecule has 0 aliphatic rings. The molecule has 1 nitrogen and oxygen atoms in total. The van der Waals surface area contributed by atoms with E-state index in [0.29, 0.717) is 6.04 Å². The molecule has 0 saturated heterocycles. The van der Waals surface area contributed by atoms with Gasteiger partial charge in [-0.1, -0.05) is 30.7 Å². The second kappa shape index (κ2) is 7.14. The molecule has 0 aromatic heterocycles. The van der Waals surface area contributed by atoms with E-state index in [0.717, 1.165) is 19.4 Å². The first-order valence-electron chi connectivity index (χ1n) is 6.39. The summed E-state index contributed by atoms with van der Waals surface area (Å²) in [7, 11) is 0. The van der Waals surface area contributed by atoms with Crippen molar-refractivity contribution in [3.05, 3.63) is 34.9 Å². The van der Waals surface area contributed by atoms with Crippen molar-refractivity contribution in [1.29, 1.82) is 0 Å². The van der Waals surface area contributed by atoms with Crippen molar-refractivity contribution >= 4 is 0 Å². The predicted molar refractivity (Wildman–Crippen MR) is 75.0 cm³/mol. The Morgan fingerprint density at radius 3 is 2.71 bits per heavy atom. The fraction of sp³-hybridized carbons (Fsp3) is 0.500. The summed E-state index contributed by atoms with van der Waals surface area (Å²) >= 11 is 0. The molecule has 0 saturated carbocycles. The van der Waals surface area contributed by atoms with Crippen molar-refractivity contribution in [2.24, 2.45) is 0 Å². The molecule has 92 valence electrons. The molecule has 1 atom stereocenters. The number of hydrogen-bond acceptors (Lipinski definition) is 1. The van der Waals surface area contributed by atoms with Crippen molar-refractivity contribution in [2.45, 2.75) is 46.6 Å². The summed E-state index contributed by atoms with van der Waals surface area (Å²) in [6.45, 7) is 9.39. The monoisotopic (exact) mass is 229 g/mol. The SMILES string of the molecule is CC#CCCC(NCC)c1cc(C)ccc1C. The largest absolute Gasteiger partial charge is 0.310 e. The molecule has 0 fully saturated rings. The van der Waals surface area contributed by atoms with E-state index in [1.807, 2.05) is 6.92 Å². The van der Waals surface area contributed by atoms with Crippen LogP contribution < -0.4 is 5.32 Å². The molecule has 1 aromatic rings. The molecule has 0 aliphatic carbocycles. The topological polar surface area (TPSA) is 12.0 Å². The molecular weight excluding hydrogens is 206 g/mol. The highest BCUT2D eigenvalue weighted by Gasteiger charge is 2.11. The fourth-order valence-electron chi connectivity index (χ4n) is 2.09. The third-order valence-electron chi connectivity index (χ3n) is 3.00. The minimum atomic E-state index is 0.431. The van der Waals surface area contributed by atoms with Gasteiger partial charge in [0.05, 0.1) is 0 Å². The van der Waals surface area contributed by atoms with Gasteiger partial charge in [-0.25, -0.2) is 0 Å². The number of hydrogen-bond donors (Lipinski definition) is 1. The zero-order valence-corrected chi connectivity index (χ0v) is 11.4. The average molecular weight is 229 g/mol. The number of rotatable bonds is 5. The third-order valence-corrected chi connectivity index (χ3v) is 3.00. The van der Waals surface area contributed by atoms with Crippen molar-refractivity contribution in [1.82, 2.24) is 5.32 Å². The Hall–Kier alpha value is -1.26. The molecular formula is C16H23N. The lowest BCUT2D eigenvalue weighted by Crippen LogP contribution is -2.21. The van der Waals surface area contributed by atoms with Gasteiger partial charge in [0, 0.05) is 12.5 Å². The standard InChI is InChI=1S/C16H23N/c1-5-7-8-9-16(17-6-2)15-12-13(3)10-11-14(15)4/h10-12,16-17H,6,8-9H2,1-4H3. The first-order valence-corrected chi connectivity index (χ1v) is 6.39. The molecule has 0 spiro atoms. The van der Waals surface area contributed by atoms with E-state index >= 15 is 0 Å². The lowest BCUT2D eigenvalue weighted by molar-refractivity contribution is 0.520. The molecule has 0 aliphatic heterocycles. The van der Waals surface area contributed by atoms with Crippen LogP contribution in [0, 0.1) is 25.7 Å². The zero-order chi connectivity index (χ0) is 12.7. The van der Waals surface area contributed by atoms with Crippen molar-refractivity contribution in [3.8, 4) is 11.8 Å². The van der Waals surface area contributed by atoms with Gasteiger partial charge in [0.25, 0.3) is 0 Å². The predicted octanol–water partition coefficient (Wildman–Crippen LogP) is 3.76. The van der Waals surface area contributed by atoms with Crippen LogP contribution in [0.4, 0.5) is 0 Å². The van der Waals surface area contributed by atoms with Gasteiger partial charge in [0.15, 0.2) is 0 Å². The van der Waals surface area contributed by atoms with Gasteiger partial charge in [-0.2, -0.15) is 0 Å². The van der Waals surface area contributed by atoms with Crippen LogP contribution in [0.15, 0.2) is 18.2 Å². The maximum Gasteiger partial charge on any atom is 0.0331 e. The van der Waals surface area contributed by atoms with E-state index in [1.54, 1.807) is 0 Å². The van der Waals surface area contributed by atoms with Crippen LogP contribution in [0.5, 0.6) is 0 Å². The van der Waals surface area contributed by atoms with Crippen LogP contribution >= 0.6 is 0 Å². The van der Waals surface area contributed by atoms with Gasteiger partial charge >= 0.3 is 0 Å². The summed E-state index contributed by atoms with van der Waals surface area (Å²) in [4.78, 5) is 0. The summed E-state index contributed by atoms with van der Waals surface area (Å²) < 4.78 is 0. The van der Waals surface area contributed by atoms with Crippen molar-refractivity contribution in [2.75, 3.05) is 6.54 Å². The number of nitrogens with one attached hydrogen (secondary N) is 1. The van der Waals surface area contributed by atoms with Crippen molar-refractivity contribution < 1.29 is 0 Å². The molecule has 17 heavy (non-hydrogen) atoms. The molecule has 1 N–H and O–H groups in total. The Morgan fingerprint density at radius 2 is 2.06 bits per heavy atom. The van der Waals surface area contributed by atoms with Crippen LogP contribution in [-0.4, -0.2) is 6.54 Å². The van der Waals surface area contributed by atoms with Gasteiger partial charge in [0.2, 0.25) is 0 Å². The Labute approximate surface area is 106 Å². The maximum absolute atomic E-state index is 3.56. The van der Waals surface area contributed by atoms with E-state index in [-0.39, 0.29) is 0 Å². The van der Waals surface area contributed by atoms with E-state index in [1.165, 1.54) is 16.7 Å². The first kappa shape index (κ1) is 13.8. The highest BCUT2D eigenvalue weighted by molar-refractivity contribution is 5.33. The van der Waals surface area contributed by atoms with Crippen LogP contribution in [0.25, 0.3) is 0 Å². The van der Waals surface area contributed by atoms with Crippen molar-refractivity contribution in [3.63, 3.8) is 0 Å². The summed E-state index contributed by atoms with van der Waals surface area (Å²) in [6, 6.07) is 7.11. The molecule has 1 rings (SSSR count). The van der Waals surface area contributed by atoms with Gasteiger partial charge < -0.3 is 5.32 Å². The third kappa shape index (κ3) is 4.24. The Kier molecular flexibility index (Phi) is 5.80. The van der Waals surface area contributed by atoms with Gasteiger partial charge in [-0.15, -0.1) is 11.8 Å². The quantitative estimate of drug-likeness (QED) is 0.758. The number of benzene rings is 1. The molecule has 1 aromatic carbocycles. The second-order valence-corrected chi connectivity index (χ2v) is 4.44. The normalized spacial score (nSPS) is 11.8. The second-order valence-electron chi connectivity index (χ2n) is 4.44. The smallest absolute Gasteiger partial charge is 0.0331 e. The van der Waals surface area contributed by atoms with Crippen LogP contribution in [0.1, 0.15) is 49.4 Å². The first-order chi connectivity index (χ1) is 8.19. The van der Waals surface area contributed by atoms with E-state index < -0.39 is 0 Å². The zero-order valence-electron chi connectivity index (χ0n) is 11.4. The van der Waals surface area contributed by atoms with E-state index in [4.69, 9.17) is 0 Å². The minimum absolute atomic E-state index is 0.431. The summed E-state index contributed by atoms with van der Waals surface area (Å²) in [5, 5.41) is 3.56. The molecule has 0 heterocycles. The summed E-state index contributed by atoms with van der Waals surface area (Å²) in [6.07, 6.45) is 2.04. The molecule has 0 amide bonds. The highest BCUT2D eigenvalue weighted by Crippen LogP contribution is 2.23. The Morgan fingerprint density at radius 1 is 1.29 bits per heavy atom. The van der Waals surface area contributed by atoms with Gasteiger partial charge in [0.1, 0.15) is 0 Å². The maximum atomic E-state index is 3.56. The van der Waals surface area contributed by atoms with Crippen LogP contribution in [0.2, 0.25) is 0 Å². The van der Waals surface area contributed by atoms with Gasteiger partial charge in [-0.05, 0) is 44.9 Å². The molecule has 0 radical (unpaired) electrons. The summed E-state index contributed by atoms with van der Waals surface area (Å²) in [5.74, 6) is 6.12. The average Bonchev–Trinajstić information content (AvgIpc) is 2.32. The molecule has 1 heteroatoms. The van der Waals surface area contributed by atoms with E-state index in [2.05, 4.69) is 56.1 Å².